The van der Waals surface area contributed by atoms with Gasteiger partial charge in [0.2, 0.25) is 0 Å². The van der Waals surface area contributed by atoms with Crippen LogP contribution in [0.4, 0.5) is 0 Å². The van der Waals surface area contributed by atoms with Crippen molar-refractivity contribution < 1.29 is 9.47 Å². The molecule has 0 bridgehead atoms. The van der Waals surface area contributed by atoms with E-state index in [0.717, 1.165) is 19.0 Å². The molecule has 0 aromatic heterocycles. The van der Waals surface area contributed by atoms with E-state index in [4.69, 9.17) is 9.47 Å². The smallest absolute Gasteiger partial charge is 0.163 e. The van der Waals surface area contributed by atoms with Gasteiger partial charge in [-0.3, -0.25) is 0 Å². The molecule has 1 N–H and O–H groups in total. The van der Waals surface area contributed by atoms with Gasteiger partial charge in [-0.15, -0.1) is 0 Å². The average Bonchev–Trinajstić information content (AvgIpc) is 3.15. The Balaban J connectivity index is 1.50. The third-order valence-electron chi connectivity index (χ3n) is 3.83. The molecule has 1 unspecified atom stereocenters. The van der Waals surface area contributed by atoms with E-state index >= 15 is 0 Å². The van der Waals surface area contributed by atoms with E-state index in [2.05, 4.69) is 29.6 Å². The van der Waals surface area contributed by atoms with Crippen LogP contribution in [-0.2, 0) is 16.0 Å². The minimum atomic E-state index is -0.418. The van der Waals surface area contributed by atoms with Gasteiger partial charge in [0.1, 0.15) is 0 Å². The van der Waals surface area contributed by atoms with Crippen molar-refractivity contribution in [2.24, 2.45) is 0 Å². The fourth-order valence-corrected chi connectivity index (χ4v) is 2.72. The van der Waals surface area contributed by atoms with E-state index in [1.807, 2.05) is 13.8 Å². The van der Waals surface area contributed by atoms with Crippen molar-refractivity contribution in [3.05, 3.63) is 35.4 Å². The first-order valence-electron chi connectivity index (χ1n) is 7.24. The van der Waals surface area contributed by atoms with Crippen LogP contribution in [0.3, 0.4) is 0 Å². The van der Waals surface area contributed by atoms with Crippen LogP contribution < -0.4 is 5.32 Å². The van der Waals surface area contributed by atoms with Gasteiger partial charge in [-0.2, -0.15) is 0 Å². The van der Waals surface area contributed by atoms with Crippen molar-refractivity contribution in [2.45, 2.75) is 51.0 Å². The van der Waals surface area contributed by atoms with Gasteiger partial charge in [0.15, 0.2) is 5.79 Å². The van der Waals surface area contributed by atoms with Crippen molar-refractivity contribution in [1.82, 2.24) is 5.32 Å². The topological polar surface area (TPSA) is 30.5 Å². The zero-order chi connectivity index (χ0) is 13.3. The quantitative estimate of drug-likeness (QED) is 0.884. The molecule has 1 saturated heterocycles. The molecule has 2 fully saturated rings. The molecular formula is C16H23NO2. The van der Waals surface area contributed by atoms with E-state index in [-0.39, 0.29) is 6.10 Å². The highest BCUT2D eigenvalue weighted by molar-refractivity contribution is 5.33. The summed E-state index contributed by atoms with van der Waals surface area (Å²) in [7, 11) is 0. The molecule has 19 heavy (non-hydrogen) atoms. The maximum atomic E-state index is 5.79. The van der Waals surface area contributed by atoms with E-state index in [1.54, 1.807) is 0 Å². The predicted molar refractivity (Wildman–Crippen MR) is 75.0 cm³/mol. The molecule has 1 atom stereocenters. The summed E-state index contributed by atoms with van der Waals surface area (Å²) in [5.74, 6) is 0.390. The summed E-state index contributed by atoms with van der Waals surface area (Å²) in [5, 5.41) is 3.50. The number of hydrogen-bond acceptors (Lipinski definition) is 3. The van der Waals surface area contributed by atoms with E-state index in [0.29, 0.717) is 6.61 Å². The molecule has 0 amide bonds. The van der Waals surface area contributed by atoms with Crippen molar-refractivity contribution in [3.63, 3.8) is 0 Å². The molecule has 2 aliphatic rings. The lowest BCUT2D eigenvalue weighted by Crippen LogP contribution is -2.30. The molecule has 104 valence electrons. The Labute approximate surface area is 115 Å². The van der Waals surface area contributed by atoms with Gasteiger partial charge in [-0.1, -0.05) is 24.3 Å². The van der Waals surface area contributed by atoms with Crippen LogP contribution >= 0.6 is 0 Å². The number of benzene rings is 1. The minimum Gasteiger partial charge on any atom is -0.348 e. The molecule has 1 aliphatic heterocycles. The van der Waals surface area contributed by atoms with Crippen molar-refractivity contribution >= 4 is 0 Å². The molecule has 3 heteroatoms. The summed E-state index contributed by atoms with van der Waals surface area (Å²) < 4.78 is 11.4. The Morgan fingerprint density at radius 2 is 2.05 bits per heavy atom. The maximum absolute atomic E-state index is 5.79. The van der Waals surface area contributed by atoms with Gasteiger partial charge in [-0.25, -0.2) is 0 Å². The second kappa shape index (κ2) is 5.23. The Morgan fingerprint density at radius 1 is 1.26 bits per heavy atom. The fourth-order valence-electron chi connectivity index (χ4n) is 2.72. The van der Waals surface area contributed by atoms with E-state index in [1.165, 1.54) is 24.0 Å². The first-order chi connectivity index (χ1) is 9.14. The minimum absolute atomic E-state index is 0.170. The van der Waals surface area contributed by atoms with E-state index in [9.17, 15) is 0 Å². The molecule has 1 aromatic carbocycles. The van der Waals surface area contributed by atoms with E-state index < -0.39 is 5.79 Å². The van der Waals surface area contributed by atoms with Gasteiger partial charge < -0.3 is 14.8 Å². The maximum Gasteiger partial charge on any atom is 0.163 e. The highest BCUT2D eigenvalue weighted by Crippen LogP contribution is 2.41. The summed E-state index contributed by atoms with van der Waals surface area (Å²) >= 11 is 0. The Bertz CT molecular complexity index is 440. The third-order valence-corrected chi connectivity index (χ3v) is 3.83. The lowest BCUT2D eigenvalue weighted by molar-refractivity contribution is -0.137. The largest absolute Gasteiger partial charge is 0.348 e. The first kappa shape index (κ1) is 13.1. The standard InChI is InChI=1S/C16H23NO2/c1-16(2)18-11-14(19-16)10-17-9-13-5-3-4-6-15(13)12-7-8-12/h3-6,12,14,17H,7-11H2,1-2H3. The molecule has 3 nitrogen and oxygen atoms in total. The number of hydrogen-bond donors (Lipinski definition) is 1. The molecule has 3 rings (SSSR count). The number of nitrogens with one attached hydrogen (secondary N) is 1. The normalized spacial score (nSPS) is 25.7. The van der Waals surface area contributed by atoms with Crippen molar-refractivity contribution in [2.75, 3.05) is 13.2 Å². The van der Waals surface area contributed by atoms with Gasteiger partial charge in [0.05, 0.1) is 12.7 Å². The van der Waals surface area contributed by atoms with Crippen LogP contribution in [0.1, 0.15) is 43.7 Å². The lowest BCUT2D eigenvalue weighted by atomic mass is 10.0. The van der Waals surface area contributed by atoms with Gasteiger partial charge >= 0.3 is 0 Å². The molecule has 0 radical (unpaired) electrons. The van der Waals surface area contributed by atoms with Crippen LogP contribution in [0, 0.1) is 0 Å². The summed E-state index contributed by atoms with van der Waals surface area (Å²) in [5.41, 5.74) is 2.96. The van der Waals surface area contributed by atoms with Crippen LogP contribution in [0.15, 0.2) is 24.3 Å². The number of ether oxygens (including phenoxy) is 2. The molecule has 0 spiro atoms. The van der Waals surface area contributed by atoms with Crippen molar-refractivity contribution in [1.29, 1.82) is 0 Å². The Hall–Kier alpha value is -0.900. The summed E-state index contributed by atoms with van der Waals surface area (Å²) in [4.78, 5) is 0. The molecule has 1 aromatic rings. The first-order valence-corrected chi connectivity index (χ1v) is 7.24. The highest BCUT2D eigenvalue weighted by Gasteiger charge is 2.32. The molecule has 1 saturated carbocycles. The van der Waals surface area contributed by atoms with Crippen LogP contribution in [0.5, 0.6) is 0 Å². The SMILES string of the molecule is CC1(C)OCC(CNCc2ccccc2C2CC2)O1. The molecular weight excluding hydrogens is 238 g/mol. The molecule has 1 aliphatic carbocycles. The fraction of sp³-hybridized carbons (Fsp3) is 0.625. The average molecular weight is 261 g/mol. The Kier molecular flexibility index (Phi) is 3.61. The Morgan fingerprint density at radius 3 is 2.74 bits per heavy atom. The second-order valence-electron chi connectivity index (χ2n) is 6.05. The monoisotopic (exact) mass is 261 g/mol. The zero-order valence-corrected chi connectivity index (χ0v) is 11.8. The van der Waals surface area contributed by atoms with Crippen LogP contribution in [0.2, 0.25) is 0 Å². The second-order valence-corrected chi connectivity index (χ2v) is 6.05. The van der Waals surface area contributed by atoms with Crippen molar-refractivity contribution in [3.8, 4) is 0 Å². The summed E-state index contributed by atoms with van der Waals surface area (Å²) in [6, 6.07) is 8.78. The summed E-state index contributed by atoms with van der Waals surface area (Å²) in [6.07, 6.45) is 2.87. The predicted octanol–water partition coefficient (Wildman–Crippen LogP) is 2.81. The van der Waals surface area contributed by atoms with Gasteiger partial charge in [-0.05, 0) is 43.7 Å². The lowest BCUT2D eigenvalue weighted by Gasteiger charge is -2.17. The zero-order valence-electron chi connectivity index (χ0n) is 11.8. The highest BCUT2D eigenvalue weighted by atomic mass is 16.7. The van der Waals surface area contributed by atoms with Crippen LogP contribution in [0.25, 0.3) is 0 Å². The summed E-state index contributed by atoms with van der Waals surface area (Å²) in [6.45, 7) is 6.39. The molecule has 1 heterocycles. The third kappa shape index (κ3) is 3.35. The van der Waals surface area contributed by atoms with Crippen LogP contribution in [-0.4, -0.2) is 25.0 Å². The van der Waals surface area contributed by atoms with Gasteiger partial charge in [0.25, 0.3) is 0 Å². The number of rotatable bonds is 5. The van der Waals surface area contributed by atoms with Gasteiger partial charge in [0, 0.05) is 13.1 Å².